The van der Waals surface area contributed by atoms with E-state index in [-0.39, 0.29) is 16.8 Å². The normalized spacial score (nSPS) is 11.3. The molecule has 0 fully saturated rings. The summed E-state index contributed by atoms with van der Waals surface area (Å²) in [6, 6.07) is 8.19. The lowest BCUT2D eigenvalue weighted by Crippen LogP contribution is -2.37. The molecule has 0 atom stereocenters. The molecule has 0 radical (unpaired) electrons. The van der Waals surface area contributed by atoms with Gasteiger partial charge in [0.1, 0.15) is 0 Å². The Morgan fingerprint density at radius 2 is 1.88 bits per heavy atom. The second-order valence-corrected chi connectivity index (χ2v) is 5.62. The van der Waals surface area contributed by atoms with E-state index in [1.165, 1.54) is 23.9 Å². The minimum atomic E-state index is -0.989. The number of benzene rings is 1. The standard InChI is InChI=1S/C18H15N3O4/c1-20-10-13(16(22)21(2)18(20)25)4-7-14-6-3-11-9-12(17(23)24)5-8-15(11)19-14/h3-10H,1-2H3,(H,23,24). The summed E-state index contributed by atoms with van der Waals surface area (Å²) in [6.07, 6.45) is 4.74. The number of rotatable bonds is 3. The SMILES string of the molecule is Cn1cc(C=Cc2ccc3cc(C(=O)O)ccc3n2)c(=O)n(C)c1=O. The highest BCUT2D eigenvalue weighted by molar-refractivity contribution is 5.93. The summed E-state index contributed by atoms with van der Waals surface area (Å²) >= 11 is 0. The smallest absolute Gasteiger partial charge is 0.335 e. The molecule has 7 heteroatoms. The molecule has 0 spiro atoms. The van der Waals surface area contributed by atoms with Crippen molar-refractivity contribution in [3.63, 3.8) is 0 Å². The Hall–Kier alpha value is -3.48. The molecule has 1 aromatic carbocycles. The molecule has 126 valence electrons. The highest BCUT2D eigenvalue weighted by Gasteiger charge is 2.06. The fourth-order valence-corrected chi connectivity index (χ4v) is 2.49. The van der Waals surface area contributed by atoms with Gasteiger partial charge in [-0.1, -0.05) is 6.07 Å². The van der Waals surface area contributed by atoms with E-state index >= 15 is 0 Å². The third kappa shape index (κ3) is 3.12. The van der Waals surface area contributed by atoms with Gasteiger partial charge in [-0.05, 0) is 36.4 Å². The summed E-state index contributed by atoms with van der Waals surface area (Å²) in [5.74, 6) is -0.989. The van der Waals surface area contributed by atoms with Gasteiger partial charge in [0.2, 0.25) is 0 Å². The quantitative estimate of drug-likeness (QED) is 0.781. The minimum absolute atomic E-state index is 0.200. The summed E-state index contributed by atoms with van der Waals surface area (Å²) in [5, 5.41) is 9.73. The molecular weight excluding hydrogens is 322 g/mol. The highest BCUT2D eigenvalue weighted by atomic mass is 16.4. The molecule has 0 aliphatic heterocycles. The fourth-order valence-electron chi connectivity index (χ4n) is 2.49. The molecule has 0 saturated heterocycles. The zero-order valence-corrected chi connectivity index (χ0v) is 13.6. The molecule has 0 amide bonds. The van der Waals surface area contributed by atoms with Gasteiger partial charge in [0.15, 0.2) is 0 Å². The van der Waals surface area contributed by atoms with Crippen LogP contribution in [0.3, 0.4) is 0 Å². The molecule has 1 N–H and O–H groups in total. The molecule has 0 saturated carbocycles. The largest absolute Gasteiger partial charge is 0.478 e. The lowest BCUT2D eigenvalue weighted by Gasteiger charge is -2.03. The van der Waals surface area contributed by atoms with Gasteiger partial charge in [-0.25, -0.2) is 14.6 Å². The van der Waals surface area contributed by atoms with Crippen LogP contribution in [0, 0.1) is 0 Å². The number of carboxylic acids is 1. The Bertz CT molecular complexity index is 1140. The van der Waals surface area contributed by atoms with Crippen molar-refractivity contribution in [1.29, 1.82) is 0 Å². The van der Waals surface area contributed by atoms with Crippen molar-refractivity contribution in [2.45, 2.75) is 0 Å². The van der Waals surface area contributed by atoms with Crippen LogP contribution in [0.1, 0.15) is 21.6 Å². The van der Waals surface area contributed by atoms with Crippen molar-refractivity contribution in [3.8, 4) is 0 Å². The van der Waals surface area contributed by atoms with E-state index in [2.05, 4.69) is 4.98 Å². The Kier molecular flexibility index (Phi) is 4.06. The van der Waals surface area contributed by atoms with Crippen molar-refractivity contribution in [2.24, 2.45) is 14.1 Å². The molecule has 0 aliphatic rings. The molecular formula is C18H15N3O4. The predicted octanol–water partition coefficient (Wildman–Crippen LogP) is 1.50. The number of carbonyl (C=O) groups is 1. The fraction of sp³-hybridized carbons (Fsp3) is 0.111. The van der Waals surface area contributed by atoms with Gasteiger partial charge in [-0.15, -0.1) is 0 Å². The summed E-state index contributed by atoms with van der Waals surface area (Å²) < 4.78 is 2.38. The van der Waals surface area contributed by atoms with Gasteiger partial charge in [-0.3, -0.25) is 9.36 Å². The maximum atomic E-state index is 12.1. The number of aromatic carboxylic acids is 1. The van der Waals surface area contributed by atoms with Crippen LogP contribution in [0.15, 0.2) is 46.1 Å². The maximum Gasteiger partial charge on any atom is 0.335 e. The molecule has 2 heterocycles. The molecule has 0 bridgehead atoms. The number of pyridine rings is 1. The van der Waals surface area contributed by atoms with E-state index in [4.69, 9.17) is 5.11 Å². The monoisotopic (exact) mass is 337 g/mol. The topological polar surface area (TPSA) is 94.2 Å². The van der Waals surface area contributed by atoms with Crippen LogP contribution in [-0.2, 0) is 14.1 Å². The van der Waals surface area contributed by atoms with Crippen molar-refractivity contribution < 1.29 is 9.90 Å². The van der Waals surface area contributed by atoms with E-state index in [1.54, 1.807) is 43.5 Å². The Labute approximate surface area is 142 Å². The first-order chi connectivity index (χ1) is 11.9. The average Bonchev–Trinajstić information content (AvgIpc) is 2.61. The van der Waals surface area contributed by atoms with Crippen molar-refractivity contribution in [1.82, 2.24) is 14.1 Å². The lowest BCUT2D eigenvalue weighted by atomic mass is 10.1. The Balaban J connectivity index is 2.00. The second-order valence-electron chi connectivity index (χ2n) is 5.62. The molecule has 3 rings (SSSR count). The number of nitrogens with zero attached hydrogens (tertiary/aromatic N) is 3. The van der Waals surface area contributed by atoms with E-state index in [1.807, 2.05) is 0 Å². The zero-order chi connectivity index (χ0) is 18.1. The second kappa shape index (κ2) is 6.20. The lowest BCUT2D eigenvalue weighted by molar-refractivity contribution is 0.0697. The summed E-state index contributed by atoms with van der Waals surface area (Å²) in [7, 11) is 3.00. The molecule has 0 unspecified atom stereocenters. The van der Waals surface area contributed by atoms with Gasteiger partial charge >= 0.3 is 11.7 Å². The van der Waals surface area contributed by atoms with Crippen molar-refractivity contribution >= 4 is 29.0 Å². The third-order valence-corrected chi connectivity index (χ3v) is 3.86. The predicted molar refractivity (Wildman–Crippen MR) is 94.6 cm³/mol. The summed E-state index contributed by atoms with van der Waals surface area (Å²) in [4.78, 5) is 39.2. The third-order valence-electron chi connectivity index (χ3n) is 3.86. The van der Waals surface area contributed by atoms with Crippen LogP contribution in [0.25, 0.3) is 23.1 Å². The highest BCUT2D eigenvalue weighted by Crippen LogP contribution is 2.16. The minimum Gasteiger partial charge on any atom is -0.478 e. The first kappa shape index (κ1) is 16.4. The molecule has 2 aromatic heterocycles. The number of hydrogen-bond donors (Lipinski definition) is 1. The van der Waals surface area contributed by atoms with E-state index in [9.17, 15) is 14.4 Å². The first-order valence-corrected chi connectivity index (χ1v) is 7.45. The number of fused-ring (bicyclic) bond motifs is 1. The number of carboxylic acid groups (broad SMARTS) is 1. The average molecular weight is 337 g/mol. The molecule has 3 aromatic rings. The van der Waals surface area contributed by atoms with Crippen LogP contribution < -0.4 is 11.2 Å². The van der Waals surface area contributed by atoms with Crippen LogP contribution in [0.2, 0.25) is 0 Å². The number of aromatic nitrogens is 3. The van der Waals surface area contributed by atoms with Crippen LogP contribution >= 0.6 is 0 Å². The van der Waals surface area contributed by atoms with E-state index < -0.39 is 5.97 Å². The molecule has 25 heavy (non-hydrogen) atoms. The molecule has 7 nitrogen and oxygen atoms in total. The van der Waals surface area contributed by atoms with E-state index in [0.717, 1.165) is 9.95 Å². The van der Waals surface area contributed by atoms with Gasteiger partial charge in [0.25, 0.3) is 5.56 Å². The van der Waals surface area contributed by atoms with Crippen LogP contribution in [-0.4, -0.2) is 25.2 Å². The Morgan fingerprint density at radius 3 is 2.60 bits per heavy atom. The van der Waals surface area contributed by atoms with Crippen molar-refractivity contribution in [3.05, 3.63) is 74.2 Å². The Morgan fingerprint density at radius 1 is 1.12 bits per heavy atom. The van der Waals surface area contributed by atoms with Crippen LogP contribution in [0.4, 0.5) is 0 Å². The van der Waals surface area contributed by atoms with Gasteiger partial charge < -0.3 is 9.67 Å². The zero-order valence-electron chi connectivity index (χ0n) is 13.6. The van der Waals surface area contributed by atoms with Crippen molar-refractivity contribution in [2.75, 3.05) is 0 Å². The summed E-state index contributed by atoms with van der Waals surface area (Å²) in [5.41, 5.74) is 1.07. The maximum absolute atomic E-state index is 12.1. The number of hydrogen-bond acceptors (Lipinski definition) is 4. The first-order valence-electron chi connectivity index (χ1n) is 7.45. The number of aryl methyl sites for hydroxylation is 1. The van der Waals surface area contributed by atoms with Gasteiger partial charge in [-0.2, -0.15) is 0 Å². The molecule has 0 aliphatic carbocycles. The summed E-state index contributed by atoms with van der Waals surface area (Å²) in [6.45, 7) is 0. The van der Waals surface area contributed by atoms with Gasteiger partial charge in [0.05, 0.1) is 22.3 Å². The van der Waals surface area contributed by atoms with Crippen LogP contribution in [0.5, 0.6) is 0 Å². The van der Waals surface area contributed by atoms with E-state index in [0.29, 0.717) is 16.8 Å². The van der Waals surface area contributed by atoms with Gasteiger partial charge in [0, 0.05) is 25.7 Å².